The van der Waals surface area contributed by atoms with Gasteiger partial charge >= 0.3 is 6.18 Å². The van der Waals surface area contributed by atoms with Gasteiger partial charge in [-0.25, -0.2) is 0 Å². The van der Waals surface area contributed by atoms with Gasteiger partial charge < -0.3 is 24.3 Å². The highest BCUT2D eigenvalue weighted by Crippen LogP contribution is 2.39. The predicted molar refractivity (Wildman–Crippen MR) is 134 cm³/mol. The Labute approximate surface area is 216 Å². The number of rotatable bonds is 5. The van der Waals surface area contributed by atoms with Crippen LogP contribution in [-0.4, -0.2) is 52.8 Å². The molecule has 0 bridgehead atoms. The van der Waals surface area contributed by atoms with Gasteiger partial charge in [-0.3, -0.25) is 9.59 Å². The molecule has 2 amide bonds. The molecular weight excluding hydrogens is 501 g/mol. The summed E-state index contributed by atoms with van der Waals surface area (Å²) in [6, 6.07) is 9.68. The molecule has 3 aromatic rings. The second-order valence-electron chi connectivity index (χ2n) is 9.84. The molecule has 38 heavy (non-hydrogen) atoms. The molecule has 2 N–H and O–H groups in total. The van der Waals surface area contributed by atoms with Crippen LogP contribution in [0.3, 0.4) is 0 Å². The van der Waals surface area contributed by atoms with Gasteiger partial charge in [0.1, 0.15) is 6.61 Å². The first kappa shape index (κ1) is 26.2. The van der Waals surface area contributed by atoms with Gasteiger partial charge in [-0.05, 0) is 55.7 Å². The molecule has 2 fully saturated rings. The lowest BCUT2D eigenvalue weighted by Crippen LogP contribution is -2.43. The van der Waals surface area contributed by atoms with Crippen LogP contribution < -0.4 is 10.5 Å². The van der Waals surface area contributed by atoms with Crippen molar-refractivity contribution in [3.05, 3.63) is 59.2 Å². The van der Waals surface area contributed by atoms with E-state index >= 15 is 0 Å². The van der Waals surface area contributed by atoms with Crippen LogP contribution in [0.2, 0.25) is 0 Å². The van der Waals surface area contributed by atoms with Gasteiger partial charge in [0.2, 0.25) is 5.62 Å². The maximum absolute atomic E-state index is 13.2. The quantitative estimate of drug-likeness (QED) is 0.518. The Morgan fingerprint density at radius 2 is 1.92 bits per heavy atom. The number of hydrogen-bond acceptors (Lipinski definition) is 4. The number of aromatic nitrogens is 2. The number of hydrogen-bond donors (Lipinski definition) is 2. The van der Waals surface area contributed by atoms with E-state index < -0.39 is 23.2 Å². The Balaban J connectivity index is 1.67. The van der Waals surface area contributed by atoms with Crippen molar-refractivity contribution in [2.45, 2.75) is 50.2 Å². The number of imidazole rings is 1. The van der Waals surface area contributed by atoms with E-state index in [1.807, 2.05) is 16.7 Å². The molecule has 1 aromatic heterocycles. The molecule has 2 aromatic carbocycles. The number of amides is 2. The lowest BCUT2D eigenvalue weighted by Gasteiger charge is -2.39. The molecule has 202 valence electrons. The van der Waals surface area contributed by atoms with Crippen molar-refractivity contribution in [3.63, 3.8) is 0 Å². The summed E-state index contributed by atoms with van der Waals surface area (Å²) < 4.78 is 46.9. The highest BCUT2D eigenvalue weighted by atomic mass is 19.4. The Bertz CT molecular complexity index is 1410. The van der Waals surface area contributed by atoms with Crippen LogP contribution in [0.5, 0.6) is 0 Å². The molecule has 0 atom stereocenters. The predicted octanol–water partition coefficient (Wildman–Crippen LogP) is 4.13. The van der Waals surface area contributed by atoms with E-state index in [4.69, 9.17) is 4.74 Å². The molecule has 1 aliphatic carbocycles. The minimum Gasteiger partial charge on any atom is -0.396 e. The summed E-state index contributed by atoms with van der Waals surface area (Å²) in [6.45, 7) is 0.750. The number of aliphatic hydroxyl groups is 1. The third-order valence-electron chi connectivity index (χ3n) is 7.46. The fourth-order valence-corrected chi connectivity index (χ4v) is 5.62. The third kappa shape index (κ3) is 5.00. The number of benzene rings is 2. The van der Waals surface area contributed by atoms with Gasteiger partial charge in [-0.2, -0.15) is 18.2 Å². The second kappa shape index (κ2) is 10.4. The molecule has 0 unspecified atom stereocenters. The SMILES string of the molecule is O=C(/N=c1\[nH]c2cc(N3CCOCC3=O)ccc2n1C1(CCO)CCCCC1)c1cccc(C(F)(F)F)c1. The topological polar surface area (TPSA) is 99.9 Å². The molecule has 1 saturated heterocycles. The van der Waals surface area contributed by atoms with Crippen LogP contribution in [0.4, 0.5) is 18.9 Å². The van der Waals surface area contributed by atoms with E-state index in [-0.39, 0.29) is 30.3 Å². The Kier molecular flexibility index (Phi) is 7.15. The minimum absolute atomic E-state index is 0.00551. The average molecular weight is 531 g/mol. The molecule has 2 aliphatic rings. The molecule has 1 aliphatic heterocycles. The summed E-state index contributed by atoms with van der Waals surface area (Å²) in [5.41, 5.74) is 0.601. The van der Waals surface area contributed by atoms with E-state index in [1.54, 1.807) is 11.0 Å². The number of carbonyl (C=O) groups is 2. The first-order chi connectivity index (χ1) is 18.2. The number of fused-ring (bicyclic) bond motifs is 1. The van der Waals surface area contributed by atoms with Gasteiger partial charge in [0.25, 0.3) is 11.8 Å². The number of ether oxygens (including phenoxy) is 1. The van der Waals surface area contributed by atoms with Crippen LogP contribution in [0.25, 0.3) is 11.0 Å². The maximum atomic E-state index is 13.2. The van der Waals surface area contributed by atoms with Crippen molar-refractivity contribution in [1.29, 1.82) is 0 Å². The summed E-state index contributed by atoms with van der Waals surface area (Å²) >= 11 is 0. The first-order valence-corrected chi connectivity index (χ1v) is 12.7. The summed E-state index contributed by atoms with van der Waals surface area (Å²) in [5.74, 6) is -0.973. The smallest absolute Gasteiger partial charge is 0.396 e. The number of aromatic amines is 1. The molecule has 5 rings (SSSR count). The molecule has 11 heteroatoms. The summed E-state index contributed by atoms with van der Waals surface area (Å²) in [5, 5.41) is 9.97. The summed E-state index contributed by atoms with van der Waals surface area (Å²) in [4.78, 5) is 34.6. The fourth-order valence-electron chi connectivity index (χ4n) is 5.62. The number of nitrogens with one attached hydrogen (secondary N) is 1. The number of alkyl halides is 3. The normalized spacial score (nSPS) is 18.8. The molecule has 8 nitrogen and oxygen atoms in total. The van der Waals surface area contributed by atoms with E-state index in [1.165, 1.54) is 12.1 Å². The van der Waals surface area contributed by atoms with E-state index in [0.29, 0.717) is 30.8 Å². The molecule has 1 saturated carbocycles. The van der Waals surface area contributed by atoms with E-state index in [9.17, 15) is 27.9 Å². The molecule has 0 spiro atoms. The maximum Gasteiger partial charge on any atom is 0.416 e. The highest BCUT2D eigenvalue weighted by molar-refractivity contribution is 5.97. The largest absolute Gasteiger partial charge is 0.416 e. The van der Waals surface area contributed by atoms with Gasteiger partial charge in [-0.15, -0.1) is 0 Å². The Hall–Kier alpha value is -3.44. The average Bonchev–Trinajstić information content (AvgIpc) is 3.27. The zero-order valence-corrected chi connectivity index (χ0v) is 20.8. The molecule has 2 heterocycles. The van der Waals surface area contributed by atoms with Gasteiger partial charge in [0.05, 0.1) is 28.7 Å². The Morgan fingerprint density at radius 1 is 1.13 bits per heavy atom. The number of morpholine rings is 1. The van der Waals surface area contributed by atoms with Crippen LogP contribution in [0, 0.1) is 0 Å². The fraction of sp³-hybridized carbons (Fsp3) is 0.444. The lowest BCUT2D eigenvalue weighted by atomic mass is 9.79. The standard InChI is InChI=1S/C27H29F3N4O4/c28-27(29,30)19-6-4-5-18(15-19)24(37)32-25-31-21-16-20(33-12-14-38-17-23(33)36)7-8-22(21)34(25)26(11-13-35)9-2-1-3-10-26/h4-8,15-16,35H,1-3,9-14,17H2,(H,31,32,37). The van der Waals surface area contributed by atoms with Crippen molar-refractivity contribution < 1.29 is 32.6 Å². The number of aliphatic hydroxyl groups excluding tert-OH is 1. The number of halogens is 3. The second-order valence-corrected chi connectivity index (χ2v) is 9.84. The lowest BCUT2D eigenvalue weighted by molar-refractivity contribution is -0.137. The van der Waals surface area contributed by atoms with Crippen LogP contribution >= 0.6 is 0 Å². The van der Waals surface area contributed by atoms with Crippen LogP contribution in [0.1, 0.15) is 54.4 Å². The number of nitrogens with zero attached hydrogens (tertiary/aromatic N) is 3. The van der Waals surface area contributed by atoms with E-state index in [2.05, 4.69) is 9.98 Å². The van der Waals surface area contributed by atoms with Crippen molar-refractivity contribution >= 4 is 28.5 Å². The van der Waals surface area contributed by atoms with Crippen molar-refractivity contribution in [2.24, 2.45) is 4.99 Å². The molecular formula is C27H29F3N4O4. The van der Waals surface area contributed by atoms with Gasteiger partial charge in [0.15, 0.2) is 0 Å². The van der Waals surface area contributed by atoms with Gasteiger partial charge in [-0.1, -0.05) is 25.3 Å². The van der Waals surface area contributed by atoms with Gasteiger partial charge in [0, 0.05) is 24.4 Å². The third-order valence-corrected chi connectivity index (χ3v) is 7.46. The van der Waals surface area contributed by atoms with Crippen LogP contribution in [0.15, 0.2) is 47.5 Å². The highest BCUT2D eigenvalue weighted by Gasteiger charge is 2.36. The zero-order chi connectivity index (χ0) is 26.9. The van der Waals surface area contributed by atoms with Crippen molar-refractivity contribution in [3.8, 4) is 0 Å². The zero-order valence-electron chi connectivity index (χ0n) is 20.8. The number of carbonyl (C=O) groups excluding carboxylic acids is 2. The summed E-state index contributed by atoms with van der Waals surface area (Å²) in [6.07, 6.45) is 0.286. The summed E-state index contributed by atoms with van der Waals surface area (Å²) in [7, 11) is 0. The molecule has 0 radical (unpaired) electrons. The first-order valence-electron chi connectivity index (χ1n) is 12.7. The number of anilines is 1. The van der Waals surface area contributed by atoms with Crippen molar-refractivity contribution in [2.75, 3.05) is 31.3 Å². The van der Waals surface area contributed by atoms with Crippen molar-refractivity contribution in [1.82, 2.24) is 9.55 Å². The van der Waals surface area contributed by atoms with Crippen LogP contribution in [-0.2, 0) is 21.2 Å². The monoisotopic (exact) mass is 530 g/mol. The Morgan fingerprint density at radius 3 is 2.63 bits per heavy atom. The van der Waals surface area contributed by atoms with E-state index in [0.717, 1.165) is 49.8 Å². The number of H-pyrrole nitrogens is 1. The minimum atomic E-state index is -4.59.